The summed E-state index contributed by atoms with van der Waals surface area (Å²) in [6, 6.07) is 1.86. The standard InChI is InChI=1S/C12H20N4O2/c1-3-13-11-4-5-14-12(15-11)16(2)8-10-9-17-6-7-18-10/h4-5,10H,3,6-9H2,1-2H3,(H,13,14,15)/t10-/m0/s1. The summed E-state index contributed by atoms with van der Waals surface area (Å²) >= 11 is 0. The first-order valence-corrected chi connectivity index (χ1v) is 6.27. The zero-order valence-corrected chi connectivity index (χ0v) is 10.9. The average Bonchev–Trinajstić information content (AvgIpc) is 2.40. The highest BCUT2D eigenvalue weighted by Crippen LogP contribution is 2.11. The molecule has 100 valence electrons. The number of ether oxygens (including phenoxy) is 2. The van der Waals surface area contributed by atoms with Gasteiger partial charge in [0.15, 0.2) is 0 Å². The summed E-state index contributed by atoms with van der Waals surface area (Å²) in [5, 5.41) is 3.17. The van der Waals surface area contributed by atoms with E-state index < -0.39 is 0 Å². The maximum Gasteiger partial charge on any atom is 0.227 e. The van der Waals surface area contributed by atoms with Crippen LogP contribution in [0, 0.1) is 0 Å². The summed E-state index contributed by atoms with van der Waals surface area (Å²) in [6.45, 7) is 5.61. The van der Waals surface area contributed by atoms with Gasteiger partial charge in [-0.15, -0.1) is 0 Å². The van der Waals surface area contributed by atoms with Crippen LogP contribution in [0.25, 0.3) is 0 Å². The van der Waals surface area contributed by atoms with E-state index in [-0.39, 0.29) is 6.10 Å². The van der Waals surface area contributed by atoms with Gasteiger partial charge in [0.25, 0.3) is 0 Å². The monoisotopic (exact) mass is 252 g/mol. The van der Waals surface area contributed by atoms with Crippen LogP contribution < -0.4 is 10.2 Å². The number of hydrogen-bond acceptors (Lipinski definition) is 6. The molecule has 1 aliphatic rings. The van der Waals surface area contributed by atoms with Crippen LogP contribution in [-0.4, -0.2) is 56.0 Å². The van der Waals surface area contributed by atoms with Gasteiger partial charge in [0.1, 0.15) is 5.82 Å². The van der Waals surface area contributed by atoms with E-state index in [0.717, 1.165) is 18.9 Å². The third-order valence-corrected chi connectivity index (χ3v) is 2.70. The molecule has 0 radical (unpaired) electrons. The Labute approximate surface area is 107 Å². The minimum absolute atomic E-state index is 0.0927. The van der Waals surface area contributed by atoms with Crippen LogP contribution >= 0.6 is 0 Å². The largest absolute Gasteiger partial charge is 0.376 e. The van der Waals surface area contributed by atoms with E-state index in [9.17, 15) is 0 Å². The predicted molar refractivity (Wildman–Crippen MR) is 70.0 cm³/mol. The average molecular weight is 252 g/mol. The van der Waals surface area contributed by atoms with Crippen molar-refractivity contribution in [3.8, 4) is 0 Å². The third kappa shape index (κ3) is 3.54. The number of nitrogens with zero attached hydrogens (tertiary/aromatic N) is 3. The van der Waals surface area contributed by atoms with Crippen molar-refractivity contribution in [2.24, 2.45) is 0 Å². The highest BCUT2D eigenvalue weighted by Gasteiger charge is 2.17. The third-order valence-electron chi connectivity index (χ3n) is 2.70. The van der Waals surface area contributed by atoms with Crippen molar-refractivity contribution >= 4 is 11.8 Å². The second-order valence-corrected chi connectivity index (χ2v) is 4.22. The highest BCUT2D eigenvalue weighted by atomic mass is 16.6. The molecule has 18 heavy (non-hydrogen) atoms. The van der Waals surface area contributed by atoms with E-state index in [1.807, 2.05) is 24.9 Å². The molecule has 6 heteroatoms. The highest BCUT2D eigenvalue weighted by molar-refractivity contribution is 5.40. The Balaban J connectivity index is 1.94. The Kier molecular flexibility index (Phi) is 4.72. The van der Waals surface area contributed by atoms with E-state index in [1.165, 1.54) is 0 Å². The molecule has 0 unspecified atom stereocenters. The van der Waals surface area contributed by atoms with Crippen LogP contribution in [0.1, 0.15) is 6.92 Å². The molecule has 1 aromatic heterocycles. The molecule has 0 bridgehead atoms. The van der Waals surface area contributed by atoms with Crippen molar-refractivity contribution in [1.29, 1.82) is 0 Å². The molecule has 0 aromatic carbocycles. The van der Waals surface area contributed by atoms with Crippen molar-refractivity contribution in [3.05, 3.63) is 12.3 Å². The predicted octanol–water partition coefficient (Wildman–Crippen LogP) is 0.760. The number of hydrogen-bond donors (Lipinski definition) is 1. The fraction of sp³-hybridized carbons (Fsp3) is 0.667. The quantitative estimate of drug-likeness (QED) is 0.835. The van der Waals surface area contributed by atoms with Gasteiger partial charge in [0.05, 0.1) is 25.9 Å². The van der Waals surface area contributed by atoms with Gasteiger partial charge in [-0.3, -0.25) is 0 Å². The van der Waals surface area contributed by atoms with E-state index in [4.69, 9.17) is 9.47 Å². The lowest BCUT2D eigenvalue weighted by Crippen LogP contribution is -2.39. The van der Waals surface area contributed by atoms with Gasteiger partial charge >= 0.3 is 0 Å². The summed E-state index contributed by atoms with van der Waals surface area (Å²) in [5.41, 5.74) is 0. The number of anilines is 2. The molecule has 0 saturated carbocycles. The molecule has 2 rings (SSSR count). The van der Waals surface area contributed by atoms with Gasteiger partial charge in [-0.05, 0) is 13.0 Å². The van der Waals surface area contributed by atoms with E-state index in [2.05, 4.69) is 15.3 Å². The molecule has 0 amide bonds. The van der Waals surface area contributed by atoms with Crippen molar-refractivity contribution in [2.45, 2.75) is 13.0 Å². The van der Waals surface area contributed by atoms with Gasteiger partial charge in [0.2, 0.25) is 5.95 Å². The number of rotatable bonds is 5. The summed E-state index contributed by atoms with van der Waals surface area (Å²) in [5.74, 6) is 1.54. The van der Waals surface area contributed by atoms with Crippen molar-refractivity contribution < 1.29 is 9.47 Å². The smallest absolute Gasteiger partial charge is 0.227 e. The normalized spacial score (nSPS) is 19.6. The zero-order valence-electron chi connectivity index (χ0n) is 10.9. The van der Waals surface area contributed by atoms with Crippen LogP contribution in [0.5, 0.6) is 0 Å². The lowest BCUT2D eigenvalue weighted by molar-refractivity contribution is -0.0837. The lowest BCUT2D eigenvalue weighted by Gasteiger charge is -2.27. The molecule has 1 N–H and O–H groups in total. The van der Waals surface area contributed by atoms with Crippen LogP contribution in [-0.2, 0) is 9.47 Å². The fourth-order valence-electron chi connectivity index (χ4n) is 1.84. The molecule has 6 nitrogen and oxygen atoms in total. The Morgan fingerprint density at radius 2 is 2.39 bits per heavy atom. The van der Waals surface area contributed by atoms with Gasteiger partial charge in [-0.1, -0.05) is 0 Å². The molecule has 1 fully saturated rings. The molecule has 1 atom stereocenters. The fourth-order valence-corrected chi connectivity index (χ4v) is 1.84. The van der Waals surface area contributed by atoms with Crippen molar-refractivity contribution in [2.75, 3.05) is 50.2 Å². The molecular weight excluding hydrogens is 232 g/mol. The van der Waals surface area contributed by atoms with Crippen molar-refractivity contribution in [1.82, 2.24) is 9.97 Å². The molecular formula is C12H20N4O2. The van der Waals surface area contributed by atoms with Crippen LogP contribution in [0.15, 0.2) is 12.3 Å². The number of nitrogens with one attached hydrogen (secondary N) is 1. The Bertz CT molecular complexity index is 369. The summed E-state index contributed by atoms with van der Waals surface area (Å²) < 4.78 is 11.0. The summed E-state index contributed by atoms with van der Waals surface area (Å²) in [6.07, 6.45) is 1.85. The molecule has 0 spiro atoms. The second kappa shape index (κ2) is 6.51. The van der Waals surface area contributed by atoms with Crippen LogP contribution in [0.3, 0.4) is 0 Å². The first-order chi connectivity index (χ1) is 8.79. The minimum atomic E-state index is 0.0927. The molecule has 1 saturated heterocycles. The first kappa shape index (κ1) is 13.0. The summed E-state index contributed by atoms with van der Waals surface area (Å²) in [7, 11) is 1.96. The minimum Gasteiger partial charge on any atom is -0.376 e. The molecule has 1 aliphatic heterocycles. The van der Waals surface area contributed by atoms with Crippen molar-refractivity contribution in [3.63, 3.8) is 0 Å². The van der Waals surface area contributed by atoms with Gasteiger partial charge < -0.3 is 19.7 Å². The Morgan fingerprint density at radius 1 is 1.50 bits per heavy atom. The van der Waals surface area contributed by atoms with Gasteiger partial charge in [-0.25, -0.2) is 4.98 Å². The van der Waals surface area contributed by atoms with Gasteiger partial charge in [0, 0.05) is 26.3 Å². The van der Waals surface area contributed by atoms with Crippen LogP contribution in [0.2, 0.25) is 0 Å². The van der Waals surface area contributed by atoms with E-state index >= 15 is 0 Å². The van der Waals surface area contributed by atoms with Crippen LogP contribution in [0.4, 0.5) is 11.8 Å². The Hall–Kier alpha value is -1.40. The zero-order chi connectivity index (χ0) is 12.8. The Morgan fingerprint density at radius 3 is 3.11 bits per heavy atom. The molecule has 0 aliphatic carbocycles. The molecule has 1 aromatic rings. The second-order valence-electron chi connectivity index (χ2n) is 4.22. The lowest BCUT2D eigenvalue weighted by atomic mass is 10.3. The number of likely N-dealkylation sites (N-methyl/N-ethyl adjacent to an activating group) is 1. The maximum absolute atomic E-state index is 5.61. The van der Waals surface area contributed by atoms with E-state index in [0.29, 0.717) is 25.8 Å². The first-order valence-electron chi connectivity index (χ1n) is 6.27. The SMILES string of the molecule is CCNc1ccnc(N(C)C[C@H]2COCCO2)n1. The van der Waals surface area contributed by atoms with Gasteiger partial charge in [-0.2, -0.15) is 4.98 Å². The number of aromatic nitrogens is 2. The topological polar surface area (TPSA) is 59.5 Å². The summed E-state index contributed by atoms with van der Waals surface area (Å²) in [4.78, 5) is 10.7. The van der Waals surface area contributed by atoms with E-state index in [1.54, 1.807) is 6.20 Å². The maximum atomic E-state index is 5.61. The molecule has 2 heterocycles.